The number of hydrogen-bond acceptors (Lipinski definition) is 3. The third kappa shape index (κ3) is 2.50. The number of nitrogens with zero attached hydrogens (tertiary/aromatic N) is 2. The van der Waals surface area contributed by atoms with Crippen LogP contribution in [0.25, 0.3) is 0 Å². The number of likely N-dealkylation sites (tertiary alicyclic amines) is 2. The number of amides is 3. The van der Waals surface area contributed by atoms with Crippen LogP contribution in [-0.4, -0.2) is 65.0 Å². The minimum atomic E-state index is -0.971. The Labute approximate surface area is 111 Å². The molecule has 2 fully saturated rings. The minimum absolute atomic E-state index is 0.183. The van der Waals surface area contributed by atoms with Gasteiger partial charge < -0.3 is 20.2 Å². The Bertz CT molecular complexity index is 398. The number of likely N-dealkylation sites (N-methyl/N-ethyl adjacent to an activating group) is 1. The molecule has 7 heteroatoms. The number of nitrogens with one attached hydrogen (secondary N) is 1. The van der Waals surface area contributed by atoms with Crippen molar-refractivity contribution < 1.29 is 19.5 Å². The van der Waals surface area contributed by atoms with Gasteiger partial charge in [-0.05, 0) is 25.7 Å². The molecule has 2 saturated heterocycles. The summed E-state index contributed by atoms with van der Waals surface area (Å²) in [5, 5.41) is 11.7. The Morgan fingerprint density at radius 1 is 1.05 bits per heavy atom. The molecule has 0 spiro atoms. The number of urea groups is 1. The first-order chi connectivity index (χ1) is 9.06. The average molecular weight is 269 g/mol. The predicted octanol–water partition coefficient (Wildman–Crippen LogP) is -0.134. The van der Waals surface area contributed by atoms with Crippen LogP contribution in [-0.2, 0) is 9.59 Å². The second-order valence-electron chi connectivity index (χ2n) is 4.94. The number of rotatable bonds is 2. The summed E-state index contributed by atoms with van der Waals surface area (Å²) in [4.78, 5) is 38.1. The molecule has 0 aromatic carbocycles. The molecular weight excluding hydrogens is 250 g/mol. The van der Waals surface area contributed by atoms with E-state index in [4.69, 9.17) is 5.11 Å². The maximum Gasteiger partial charge on any atom is 0.326 e. The largest absolute Gasteiger partial charge is 0.480 e. The van der Waals surface area contributed by atoms with Gasteiger partial charge in [0.2, 0.25) is 5.91 Å². The van der Waals surface area contributed by atoms with Crippen molar-refractivity contribution in [1.29, 1.82) is 0 Å². The lowest BCUT2D eigenvalue weighted by atomic mass is 10.2. The molecule has 0 radical (unpaired) electrons. The zero-order chi connectivity index (χ0) is 14.0. The lowest BCUT2D eigenvalue weighted by Crippen LogP contribution is -2.52. The molecule has 2 aliphatic rings. The molecule has 0 aromatic rings. The fourth-order valence-electron chi connectivity index (χ4n) is 2.85. The highest BCUT2D eigenvalue weighted by Crippen LogP contribution is 2.24. The molecule has 0 bridgehead atoms. The van der Waals surface area contributed by atoms with Crippen LogP contribution in [0.15, 0.2) is 0 Å². The van der Waals surface area contributed by atoms with Gasteiger partial charge in [0.15, 0.2) is 0 Å². The Hall–Kier alpha value is -1.79. The van der Waals surface area contributed by atoms with Gasteiger partial charge in [-0.1, -0.05) is 0 Å². The molecular formula is C12H19N3O4. The molecule has 2 atom stereocenters. The van der Waals surface area contributed by atoms with Crippen molar-refractivity contribution >= 4 is 17.9 Å². The number of aliphatic carboxylic acids is 1. The van der Waals surface area contributed by atoms with Gasteiger partial charge in [-0.15, -0.1) is 0 Å². The molecule has 2 heterocycles. The van der Waals surface area contributed by atoms with Crippen LogP contribution in [0.2, 0.25) is 0 Å². The Balaban J connectivity index is 2.10. The summed E-state index contributed by atoms with van der Waals surface area (Å²) in [6, 6.07) is -1.54. The Morgan fingerprint density at radius 3 is 2.11 bits per heavy atom. The molecule has 19 heavy (non-hydrogen) atoms. The molecule has 2 aliphatic heterocycles. The van der Waals surface area contributed by atoms with E-state index >= 15 is 0 Å². The van der Waals surface area contributed by atoms with Crippen molar-refractivity contribution in [3.8, 4) is 0 Å². The first kappa shape index (κ1) is 13.6. The van der Waals surface area contributed by atoms with Crippen molar-refractivity contribution in [2.75, 3.05) is 20.1 Å². The van der Waals surface area contributed by atoms with Crippen LogP contribution in [0.3, 0.4) is 0 Å². The first-order valence-electron chi connectivity index (χ1n) is 6.58. The zero-order valence-corrected chi connectivity index (χ0v) is 11.0. The van der Waals surface area contributed by atoms with Crippen LogP contribution >= 0.6 is 0 Å². The van der Waals surface area contributed by atoms with E-state index in [1.54, 1.807) is 7.05 Å². The van der Waals surface area contributed by atoms with Crippen LogP contribution in [0, 0.1) is 0 Å². The minimum Gasteiger partial charge on any atom is -0.480 e. The quantitative estimate of drug-likeness (QED) is 0.730. The van der Waals surface area contributed by atoms with E-state index in [2.05, 4.69) is 5.32 Å². The van der Waals surface area contributed by atoms with E-state index in [0.29, 0.717) is 32.4 Å². The third-order valence-corrected chi connectivity index (χ3v) is 3.83. The van der Waals surface area contributed by atoms with Gasteiger partial charge in [0, 0.05) is 20.1 Å². The van der Waals surface area contributed by atoms with Gasteiger partial charge in [0.1, 0.15) is 12.1 Å². The number of carboxylic acids is 1. The topological polar surface area (TPSA) is 90.0 Å². The highest BCUT2D eigenvalue weighted by molar-refractivity contribution is 5.89. The fraction of sp³-hybridized carbons (Fsp3) is 0.750. The number of carbonyl (C=O) groups is 3. The first-order valence-corrected chi connectivity index (χ1v) is 6.58. The van der Waals surface area contributed by atoms with E-state index < -0.39 is 18.1 Å². The molecule has 0 aliphatic carbocycles. The molecule has 0 saturated carbocycles. The number of carbonyl (C=O) groups excluding carboxylic acids is 2. The summed E-state index contributed by atoms with van der Waals surface area (Å²) in [6.07, 6.45) is 2.59. The summed E-state index contributed by atoms with van der Waals surface area (Å²) in [6.45, 7) is 0.965. The summed E-state index contributed by atoms with van der Waals surface area (Å²) in [7, 11) is 1.54. The van der Waals surface area contributed by atoms with Crippen molar-refractivity contribution in [2.45, 2.75) is 37.8 Å². The van der Waals surface area contributed by atoms with E-state index in [0.717, 1.165) is 6.42 Å². The van der Waals surface area contributed by atoms with Crippen LogP contribution in [0.4, 0.5) is 4.79 Å². The number of hydrogen-bond donors (Lipinski definition) is 2. The number of carboxylic acid groups (broad SMARTS) is 1. The maximum absolute atomic E-state index is 12.4. The van der Waals surface area contributed by atoms with E-state index in [9.17, 15) is 14.4 Å². The third-order valence-electron chi connectivity index (χ3n) is 3.83. The van der Waals surface area contributed by atoms with Gasteiger partial charge in [-0.3, -0.25) is 4.79 Å². The summed E-state index contributed by atoms with van der Waals surface area (Å²) in [5.41, 5.74) is 0. The maximum atomic E-state index is 12.4. The molecule has 1 unspecified atom stereocenters. The van der Waals surface area contributed by atoms with E-state index in [1.807, 2.05) is 0 Å². The highest BCUT2D eigenvalue weighted by atomic mass is 16.4. The Kier molecular flexibility index (Phi) is 3.92. The molecule has 7 nitrogen and oxygen atoms in total. The second kappa shape index (κ2) is 5.46. The normalized spacial score (nSPS) is 26.6. The van der Waals surface area contributed by atoms with Crippen molar-refractivity contribution in [1.82, 2.24) is 15.1 Å². The summed E-state index contributed by atoms with van der Waals surface area (Å²) >= 11 is 0. The molecule has 106 valence electrons. The highest BCUT2D eigenvalue weighted by Gasteiger charge is 2.41. The van der Waals surface area contributed by atoms with E-state index in [-0.39, 0.29) is 11.9 Å². The predicted molar refractivity (Wildman–Crippen MR) is 66.6 cm³/mol. The monoisotopic (exact) mass is 269 g/mol. The standard InChI is InChI=1S/C12H19N3O4/c1-13-10(16)8-4-2-6-14(8)12(19)15-7-3-5-9(15)11(17)18/h8-9H,2-7H2,1H3,(H,13,16)(H,17,18)/t8?,9-/m1/s1. The average Bonchev–Trinajstić information content (AvgIpc) is 3.05. The lowest BCUT2D eigenvalue weighted by molar-refractivity contribution is -0.141. The smallest absolute Gasteiger partial charge is 0.326 e. The van der Waals surface area contributed by atoms with Crippen LogP contribution in [0.1, 0.15) is 25.7 Å². The molecule has 3 amide bonds. The van der Waals surface area contributed by atoms with Gasteiger partial charge in [0.05, 0.1) is 0 Å². The molecule has 2 rings (SSSR count). The van der Waals surface area contributed by atoms with Gasteiger partial charge in [0.25, 0.3) is 0 Å². The molecule has 0 aromatic heterocycles. The van der Waals surface area contributed by atoms with E-state index in [1.165, 1.54) is 9.80 Å². The molecule has 2 N–H and O–H groups in total. The van der Waals surface area contributed by atoms with Crippen LogP contribution in [0.5, 0.6) is 0 Å². The fourth-order valence-corrected chi connectivity index (χ4v) is 2.85. The summed E-state index contributed by atoms with van der Waals surface area (Å²) in [5.74, 6) is -1.15. The Morgan fingerprint density at radius 2 is 1.58 bits per heavy atom. The van der Waals surface area contributed by atoms with Gasteiger partial charge >= 0.3 is 12.0 Å². The SMILES string of the molecule is CNC(=O)C1CCCN1C(=O)N1CCC[C@@H]1C(=O)O. The summed E-state index contributed by atoms with van der Waals surface area (Å²) < 4.78 is 0. The van der Waals surface area contributed by atoms with Crippen molar-refractivity contribution in [2.24, 2.45) is 0 Å². The van der Waals surface area contributed by atoms with Crippen molar-refractivity contribution in [3.05, 3.63) is 0 Å². The second-order valence-corrected chi connectivity index (χ2v) is 4.94. The van der Waals surface area contributed by atoms with Crippen molar-refractivity contribution in [3.63, 3.8) is 0 Å². The lowest BCUT2D eigenvalue weighted by Gasteiger charge is -2.30. The van der Waals surface area contributed by atoms with Crippen LogP contribution < -0.4 is 5.32 Å². The zero-order valence-electron chi connectivity index (χ0n) is 11.0. The van der Waals surface area contributed by atoms with Gasteiger partial charge in [-0.25, -0.2) is 9.59 Å². The van der Waals surface area contributed by atoms with Gasteiger partial charge in [-0.2, -0.15) is 0 Å².